The number of urea groups is 1. The minimum Gasteiger partial charge on any atom is -0.476 e. The lowest BCUT2D eigenvalue weighted by atomic mass is 9.93. The van der Waals surface area contributed by atoms with E-state index in [-0.39, 0.29) is 11.0 Å². The van der Waals surface area contributed by atoms with E-state index in [1.807, 2.05) is 63.4 Å². The second-order valence-electron chi connectivity index (χ2n) is 11.2. The predicted octanol–water partition coefficient (Wildman–Crippen LogP) is 6.01. The molecule has 0 radical (unpaired) electrons. The summed E-state index contributed by atoms with van der Waals surface area (Å²) < 4.78 is 13.4. The van der Waals surface area contributed by atoms with Crippen molar-refractivity contribution in [2.45, 2.75) is 44.6 Å². The number of rotatable bonds is 7. The molecule has 2 amide bonds. The van der Waals surface area contributed by atoms with Crippen molar-refractivity contribution in [3.8, 4) is 17.1 Å². The van der Waals surface area contributed by atoms with Gasteiger partial charge in [-0.3, -0.25) is 9.72 Å². The Morgan fingerprint density at radius 1 is 1.13 bits per heavy atom. The van der Waals surface area contributed by atoms with Gasteiger partial charge in [0.05, 0.1) is 16.7 Å². The van der Waals surface area contributed by atoms with Gasteiger partial charge in [0.2, 0.25) is 5.88 Å². The van der Waals surface area contributed by atoms with Crippen molar-refractivity contribution in [2.24, 2.45) is 0 Å². The summed E-state index contributed by atoms with van der Waals surface area (Å²) in [4.78, 5) is 25.9. The molecule has 0 bridgehead atoms. The summed E-state index contributed by atoms with van der Waals surface area (Å²) in [6.45, 7) is 6.70. The third-order valence-corrected chi connectivity index (χ3v) is 8.09. The molecule has 1 aliphatic carbocycles. The molecule has 0 saturated heterocycles. The molecule has 4 heterocycles. The number of carbonyl (C=O) groups is 1. The van der Waals surface area contributed by atoms with Crippen LogP contribution in [0.4, 0.5) is 16.3 Å². The van der Waals surface area contributed by atoms with Gasteiger partial charge in [0, 0.05) is 35.0 Å². The van der Waals surface area contributed by atoms with Crippen molar-refractivity contribution < 1.29 is 14.1 Å². The Morgan fingerprint density at radius 2 is 1.90 bits per heavy atom. The molecular weight excluding hydrogens is 514 g/mol. The van der Waals surface area contributed by atoms with Crippen LogP contribution in [0.25, 0.3) is 26.6 Å². The molecule has 6 rings (SSSR count). The van der Waals surface area contributed by atoms with Gasteiger partial charge in [0.1, 0.15) is 17.2 Å². The minimum absolute atomic E-state index is 0.150. The lowest BCUT2D eigenvalue weighted by Gasteiger charge is -2.23. The molecule has 4 aromatic heterocycles. The number of pyridine rings is 1. The molecule has 0 unspecified atom stereocenters. The number of fused-ring (bicyclic) bond motifs is 3. The molecule has 0 atom stereocenters. The van der Waals surface area contributed by atoms with Gasteiger partial charge in [0.15, 0.2) is 10.8 Å². The van der Waals surface area contributed by atoms with Crippen LogP contribution in [0.5, 0.6) is 5.88 Å². The van der Waals surface area contributed by atoms with Crippen LogP contribution in [-0.2, 0) is 5.41 Å². The highest BCUT2D eigenvalue weighted by Crippen LogP contribution is 2.40. The predicted molar refractivity (Wildman–Crippen MR) is 153 cm³/mol. The standard InChI is InChI=1S/C28H31N7O3S/c1-27(2,3)21-14-22(33-38-21)31-25(36)29-18-8-6-17(7-9-18)19-15-35-20-10-11-23(32-24(20)39-26(35)30-19)37-16-28(12-13-28)34(4)5/h6-11,14-15H,12-13,16H2,1-5H3,(H2,29,31,33,36). The molecular formula is C28H31N7O3S. The molecule has 10 nitrogen and oxygen atoms in total. The Labute approximate surface area is 230 Å². The Hall–Kier alpha value is -3.96. The largest absolute Gasteiger partial charge is 0.476 e. The van der Waals surface area contributed by atoms with Gasteiger partial charge in [-0.05, 0) is 45.1 Å². The van der Waals surface area contributed by atoms with E-state index in [9.17, 15) is 4.79 Å². The second kappa shape index (κ2) is 9.35. The fourth-order valence-corrected chi connectivity index (χ4v) is 5.33. The van der Waals surface area contributed by atoms with Crippen molar-refractivity contribution in [1.29, 1.82) is 0 Å². The molecule has 0 aliphatic heterocycles. The third kappa shape index (κ3) is 5.07. The monoisotopic (exact) mass is 545 g/mol. The van der Waals surface area contributed by atoms with E-state index in [2.05, 4.69) is 39.2 Å². The Bertz CT molecular complexity index is 1660. The number of hydrogen-bond donors (Lipinski definition) is 2. The van der Waals surface area contributed by atoms with E-state index in [0.29, 0.717) is 29.8 Å². The number of ether oxygens (including phenoxy) is 1. The van der Waals surface area contributed by atoms with Crippen LogP contribution >= 0.6 is 11.3 Å². The highest BCUT2D eigenvalue weighted by atomic mass is 32.1. The molecule has 39 heavy (non-hydrogen) atoms. The SMILES string of the molecule is CN(C)C1(COc2ccc3c(n2)sc2nc(-c4ccc(NC(=O)Nc5cc(C(C)(C)C)on5)cc4)cn23)CC1. The lowest BCUT2D eigenvalue weighted by molar-refractivity contribution is 0.163. The average Bonchev–Trinajstić information content (AvgIpc) is 3.18. The zero-order valence-corrected chi connectivity index (χ0v) is 23.4. The van der Waals surface area contributed by atoms with Gasteiger partial charge >= 0.3 is 6.03 Å². The summed E-state index contributed by atoms with van der Waals surface area (Å²) >= 11 is 1.53. The van der Waals surface area contributed by atoms with E-state index in [1.165, 1.54) is 11.3 Å². The fraction of sp³-hybridized carbons (Fsp3) is 0.357. The van der Waals surface area contributed by atoms with Gasteiger partial charge in [-0.15, -0.1) is 0 Å². The molecule has 2 N–H and O–H groups in total. The number of carbonyl (C=O) groups excluding carboxylic acids is 1. The second-order valence-corrected chi connectivity index (χ2v) is 12.2. The van der Waals surface area contributed by atoms with Crippen LogP contribution in [0.15, 0.2) is 53.2 Å². The smallest absolute Gasteiger partial charge is 0.324 e. The van der Waals surface area contributed by atoms with Gasteiger partial charge in [-0.1, -0.05) is 49.4 Å². The summed E-state index contributed by atoms with van der Waals surface area (Å²) in [7, 11) is 4.20. The first kappa shape index (κ1) is 25.3. The molecule has 1 saturated carbocycles. The van der Waals surface area contributed by atoms with Gasteiger partial charge in [0.25, 0.3) is 0 Å². The number of nitrogens with one attached hydrogen (secondary N) is 2. The highest BCUT2D eigenvalue weighted by molar-refractivity contribution is 7.23. The summed E-state index contributed by atoms with van der Waals surface area (Å²) in [6.07, 6.45) is 4.32. The van der Waals surface area contributed by atoms with Crippen molar-refractivity contribution in [2.75, 3.05) is 31.3 Å². The van der Waals surface area contributed by atoms with E-state index in [1.54, 1.807) is 6.07 Å². The zero-order valence-electron chi connectivity index (χ0n) is 22.6. The number of anilines is 2. The van der Waals surface area contributed by atoms with Crippen LogP contribution in [0.3, 0.4) is 0 Å². The van der Waals surface area contributed by atoms with Crippen LogP contribution < -0.4 is 15.4 Å². The Kier molecular flexibility index (Phi) is 6.07. The number of likely N-dealkylation sites (N-methyl/N-ethyl adjacent to an activating group) is 1. The number of nitrogens with zero attached hydrogens (tertiary/aromatic N) is 5. The average molecular weight is 546 g/mol. The first-order valence-electron chi connectivity index (χ1n) is 12.8. The third-order valence-electron chi connectivity index (χ3n) is 7.13. The Morgan fingerprint density at radius 3 is 2.56 bits per heavy atom. The van der Waals surface area contributed by atoms with Crippen molar-refractivity contribution in [1.82, 2.24) is 24.4 Å². The number of amides is 2. The van der Waals surface area contributed by atoms with Crippen molar-refractivity contribution in [3.63, 3.8) is 0 Å². The number of hydrogen-bond acceptors (Lipinski definition) is 8. The lowest BCUT2D eigenvalue weighted by Crippen LogP contribution is -2.35. The molecule has 202 valence electrons. The highest BCUT2D eigenvalue weighted by Gasteiger charge is 2.45. The maximum absolute atomic E-state index is 12.4. The van der Waals surface area contributed by atoms with Crippen LogP contribution in [-0.4, -0.2) is 56.7 Å². The normalized spacial score (nSPS) is 14.7. The van der Waals surface area contributed by atoms with Crippen molar-refractivity contribution in [3.05, 3.63) is 54.4 Å². The van der Waals surface area contributed by atoms with Crippen LogP contribution in [0.1, 0.15) is 39.4 Å². The van der Waals surface area contributed by atoms with Crippen molar-refractivity contribution >= 4 is 44.2 Å². The quantitative estimate of drug-likeness (QED) is 0.258. The van der Waals surface area contributed by atoms with Gasteiger partial charge < -0.3 is 19.5 Å². The maximum Gasteiger partial charge on any atom is 0.324 e. The fourth-order valence-electron chi connectivity index (χ4n) is 4.35. The topological polar surface area (TPSA) is 110 Å². The molecule has 1 fully saturated rings. The van der Waals surface area contributed by atoms with E-state index in [0.717, 1.165) is 39.4 Å². The first-order valence-corrected chi connectivity index (χ1v) is 13.7. The molecule has 1 aliphatic rings. The summed E-state index contributed by atoms with van der Waals surface area (Å²) in [5, 5.41) is 9.44. The molecule has 5 aromatic rings. The minimum atomic E-state index is -0.393. The number of imidazole rings is 1. The van der Waals surface area contributed by atoms with Crippen LogP contribution in [0, 0.1) is 0 Å². The molecule has 0 spiro atoms. The van der Waals surface area contributed by atoms with E-state index >= 15 is 0 Å². The number of thiazole rings is 1. The maximum atomic E-state index is 12.4. The summed E-state index contributed by atoms with van der Waals surface area (Å²) in [5.41, 5.74) is 3.40. The van der Waals surface area contributed by atoms with E-state index in [4.69, 9.17) is 19.2 Å². The van der Waals surface area contributed by atoms with Gasteiger partial charge in [-0.2, -0.15) is 0 Å². The van der Waals surface area contributed by atoms with E-state index < -0.39 is 6.03 Å². The zero-order chi connectivity index (χ0) is 27.4. The summed E-state index contributed by atoms with van der Waals surface area (Å²) in [5.74, 6) is 1.71. The Balaban J connectivity index is 1.12. The first-order chi connectivity index (χ1) is 18.6. The molecule has 11 heteroatoms. The summed E-state index contributed by atoms with van der Waals surface area (Å²) in [6, 6.07) is 12.8. The molecule has 1 aromatic carbocycles. The number of benzene rings is 1. The number of aromatic nitrogens is 4. The van der Waals surface area contributed by atoms with Crippen LogP contribution in [0.2, 0.25) is 0 Å². The van der Waals surface area contributed by atoms with Gasteiger partial charge in [-0.25, -0.2) is 14.8 Å².